The first kappa shape index (κ1) is 91.1. The predicted octanol–water partition coefficient (Wildman–Crippen LogP) is 4.17. The standard InChI is InChI=1S/C28H32ClN7O3S.C19H30N2O3.C14H11Cl2N5O2S.B22/c1-17(2)39-25-14-19(18-8-10-30-11-9-18)4-5-23(25)35-28-33-15-21(29)27(36-28)34-22-6-7-24-26(32-13-12-31-24)20(22)16-40(3,37)38;1-13(2)23-17-12-15(6-7-16(17)20)14-8-10-21(11-9-14)18(22)24-19(3,4)5;1-24(22,23)7-8-10(2-3-11-12(8)18-5-4-17-11)20-13-9(15)6-19-14(16)21-13;1-13(2)19(14(3)4)22(20(15(5)6)16(7)8)21(17(9)10)18(11)12/h4-7,12-15,17-18,30H,8-11,16H2,1-3H3,(H2,33,34,35,36);6-7,12-14H,8-11,20H2,1-5H3;2-6H,7H2,1H3,(H,19,20,21);/q;;;-1. The monoisotopic (exact) mass is 1540 g/mol. The Kier molecular flexibility index (Phi) is 34.2. The minimum Gasteiger partial charge on any atom is -0.687 e. The van der Waals surface area contributed by atoms with E-state index in [9.17, 15) is 21.6 Å². The summed E-state index contributed by atoms with van der Waals surface area (Å²) in [7, 11) is 63.0. The Morgan fingerprint density at radius 1 is 0.582 bits per heavy atom. The van der Waals surface area contributed by atoms with Crippen LogP contribution < -0.4 is 36.5 Å². The number of halogens is 3. The number of carbonyl (C=O) groups is 1. The highest BCUT2D eigenvalue weighted by Gasteiger charge is 2.45. The molecule has 22 nitrogen and oxygen atoms in total. The van der Waals surface area contributed by atoms with Crippen LogP contribution in [0.3, 0.4) is 0 Å². The number of benzene rings is 4. The molecule has 6 N–H and O–H groups in total. The second-order valence-corrected chi connectivity index (χ2v) is 34.1. The number of nitrogens with two attached hydrogens (primary N) is 1. The molecule has 6 heterocycles. The van der Waals surface area contributed by atoms with Gasteiger partial charge in [-0.25, -0.2) is 38.0 Å². The molecule has 2 aliphatic rings. The number of fused-ring (bicyclic) bond motifs is 2. The maximum atomic E-state index is 12.3. The molecule has 10 rings (SSSR count). The number of piperidine rings is 2. The zero-order valence-electron chi connectivity index (χ0n) is 63.1. The lowest BCUT2D eigenvalue weighted by molar-refractivity contribution is 0.0204. The van der Waals surface area contributed by atoms with E-state index < -0.39 is 89.1 Å². The quantitative estimate of drug-likeness (QED) is 0.0305. The summed E-state index contributed by atoms with van der Waals surface area (Å²) in [6.07, 6.45) is 6.86. The smallest absolute Gasteiger partial charge is 0.410 e. The summed E-state index contributed by atoms with van der Waals surface area (Å²) in [5.74, 6) is 2.84. The number of sulfone groups is 2. The van der Waals surface area contributed by atoms with Crippen molar-refractivity contribution in [1.82, 2.24) is 50.1 Å². The number of amides is 1. The zero-order valence-corrected chi connectivity index (χ0v) is 67.0. The van der Waals surface area contributed by atoms with Crippen molar-refractivity contribution in [3.63, 3.8) is 0 Å². The summed E-state index contributed by atoms with van der Waals surface area (Å²) in [5, 5.41) is 13.4. The Morgan fingerprint density at radius 3 is 1.46 bits per heavy atom. The number of rotatable bonds is 25. The van der Waals surface area contributed by atoms with E-state index in [2.05, 4.69) is 79.3 Å². The molecule has 2 saturated heterocycles. The molecule has 2 aliphatic heterocycles. The minimum atomic E-state index is -3.37. The number of nitrogen functional groups attached to an aromatic ring is 1. The van der Waals surface area contributed by atoms with Gasteiger partial charge in [0.15, 0.2) is 31.3 Å². The molecule has 0 atom stereocenters. The molecule has 8 aromatic rings. The third-order valence-corrected chi connectivity index (χ3v) is 20.1. The van der Waals surface area contributed by atoms with Crippen LogP contribution in [0.5, 0.6) is 11.5 Å². The number of anilines is 7. The third-order valence-electron chi connectivity index (χ3n) is 17.7. The first-order valence-electron chi connectivity index (χ1n) is 35.5. The lowest BCUT2D eigenvalue weighted by Crippen LogP contribution is -2.83. The highest BCUT2D eigenvalue weighted by Crippen LogP contribution is 2.38. The van der Waals surface area contributed by atoms with Gasteiger partial charge in [-0.05, 0) is 313 Å². The molecule has 4 aromatic heterocycles. The molecule has 0 aliphatic carbocycles. The molecule has 0 bridgehead atoms. The maximum absolute atomic E-state index is 12.3. The van der Waals surface area contributed by atoms with Crippen molar-refractivity contribution in [3.05, 3.63) is 135 Å². The van der Waals surface area contributed by atoms with Crippen molar-refractivity contribution >= 4 is 280 Å². The molecule has 0 unspecified atom stereocenters. The van der Waals surface area contributed by atoms with E-state index in [1.54, 1.807) is 41.6 Å². The van der Waals surface area contributed by atoms with Crippen molar-refractivity contribution in [2.45, 2.75) is 115 Å². The van der Waals surface area contributed by atoms with Crippen LogP contribution in [-0.2, 0) is 35.9 Å². The number of nitrogens with zero attached hydrogens (tertiary/aromatic N) is 9. The number of carbonyl (C=O) groups excluding carboxylic acids is 1. The maximum Gasteiger partial charge on any atom is 0.410 e. The van der Waals surface area contributed by atoms with Crippen molar-refractivity contribution in [2.24, 2.45) is 0 Å². The Balaban J connectivity index is 0.000000212. The van der Waals surface area contributed by atoms with Crippen LogP contribution >= 0.6 is 34.8 Å². The van der Waals surface area contributed by atoms with Crippen molar-refractivity contribution < 1.29 is 35.8 Å². The number of aromatic nitrogens is 8. The largest absolute Gasteiger partial charge is 0.687 e. The summed E-state index contributed by atoms with van der Waals surface area (Å²) in [5.41, 5.74) is 13.6. The molecule has 535 valence electrons. The Morgan fingerprint density at radius 2 is 1.01 bits per heavy atom. The van der Waals surface area contributed by atoms with Crippen LogP contribution in [0.4, 0.5) is 45.1 Å². The summed E-state index contributed by atoms with van der Waals surface area (Å²) >= 11 is 18.3. The topological polar surface area (TPSA) is 294 Å². The molecule has 2 fully saturated rings. The van der Waals surface area contributed by atoms with E-state index in [1.165, 1.54) is 42.2 Å². The van der Waals surface area contributed by atoms with Gasteiger partial charge in [0.2, 0.25) is 11.2 Å². The molecular weight excluding hydrogens is 1470 g/mol. The van der Waals surface area contributed by atoms with E-state index in [1.807, 2.05) is 66.7 Å². The summed E-state index contributed by atoms with van der Waals surface area (Å²) in [6, 6.07) is 19.2. The molecule has 1 amide bonds. The van der Waals surface area contributed by atoms with Crippen molar-refractivity contribution in [3.8, 4) is 11.5 Å². The van der Waals surface area contributed by atoms with E-state index in [-0.39, 0.29) is 51.0 Å². The number of hydrogen-bond acceptors (Lipinski definition) is 21. The van der Waals surface area contributed by atoms with Crippen molar-refractivity contribution in [2.75, 3.05) is 60.4 Å². The molecular formula is C61H73B22Cl3N14O8S2-. The SMILES string of the molecule is CC(C)Oc1cc(C2CCN(C(=O)OC(C)(C)C)CC2)ccc1N.CC(C)Oc1cc(C2CCNCC2)ccc1Nc1ncc(Cl)c(Nc2ccc3nccnc3c2CS(C)(=O)=O)n1.CS(=O)(=O)Cc1c(Nc2nc(Cl)ncc2Cl)ccc2nccnc12.[B]B([B])B(B([B])[B])B(B(B([B])[B])B([B])[B])B(B([B])[B])B([B])[B-]. The minimum absolute atomic E-state index is 0.0172. The fraction of sp³-hybridized carbons (Fsp3) is 0.393. The summed E-state index contributed by atoms with van der Waals surface area (Å²) < 4.78 is 65.5. The van der Waals surface area contributed by atoms with Crippen LogP contribution in [-0.4, -0.2) is 281 Å². The van der Waals surface area contributed by atoms with Gasteiger partial charge >= 0.3 is 6.09 Å². The number of hydrogen-bond donors (Lipinski definition) is 5. The normalized spacial score (nSPS) is 13.2. The first-order valence-corrected chi connectivity index (χ1v) is 40.8. The Labute approximate surface area is 683 Å². The summed E-state index contributed by atoms with van der Waals surface area (Å²) in [4.78, 5) is 47.8. The molecule has 0 saturated carbocycles. The number of likely N-dealkylation sites (tertiary alicyclic amines) is 1. The highest BCUT2D eigenvalue weighted by molar-refractivity contribution is 8.22. The van der Waals surface area contributed by atoms with Gasteiger partial charge in [0.1, 0.15) is 27.1 Å². The fourth-order valence-electron chi connectivity index (χ4n) is 12.9. The summed E-state index contributed by atoms with van der Waals surface area (Å²) in [6.45, 7) is 17.1. The van der Waals surface area contributed by atoms with Crippen LogP contribution in [0.15, 0.2) is 97.8 Å². The van der Waals surface area contributed by atoms with Gasteiger partial charge in [0, 0.05) is 72.9 Å². The van der Waals surface area contributed by atoms with Gasteiger partial charge in [-0.1, -0.05) is 35.3 Å². The molecule has 110 heavy (non-hydrogen) atoms. The lowest BCUT2D eigenvalue weighted by Gasteiger charge is -2.48. The molecule has 0 spiro atoms. The van der Waals surface area contributed by atoms with Crippen LogP contribution in [0, 0.1) is 0 Å². The van der Waals surface area contributed by atoms with Crippen LogP contribution in [0.25, 0.3) is 22.1 Å². The fourth-order valence-corrected chi connectivity index (χ4v) is 15.0. The number of ether oxygens (including phenoxy) is 3. The van der Waals surface area contributed by atoms with Crippen LogP contribution in [0.2, 0.25) is 15.3 Å². The van der Waals surface area contributed by atoms with Gasteiger partial charge in [-0.2, -0.15) is 9.97 Å². The van der Waals surface area contributed by atoms with E-state index in [0.29, 0.717) is 86.9 Å². The van der Waals surface area contributed by atoms with Gasteiger partial charge in [0.25, 0.3) is 0 Å². The van der Waals surface area contributed by atoms with E-state index in [0.717, 1.165) is 62.2 Å². The van der Waals surface area contributed by atoms with Gasteiger partial charge in [-0.15, -0.1) is 0 Å². The predicted molar refractivity (Wildman–Crippen MR) is 475 cm³/mol. The molecule has 49 heteroatoms. The first-order chi connectivity index (χ1) is 51.6. The number of nitrogens with one attached hydrogen (secondary N) is 4. The van der Waals surface area contributed by atoms with Gasteiger partial charge in [-0.3, -0.25) is 19.9 Å². The zero-order chi connectivity index (χ0) is 81.3. The second kappa shape index (κ2) is 41.3. The average molecular weight is 1540 g/mol. The lowest BCUT2D eigenvalue weighted by atomic mass is 8.36. The Bertz CT molecular complexity index is 4570. The molecule has 4 aromatic carbocycles. The highest BCUT2D eigenvalue weighted by atomic mass is 35.5. The van der Waals surface area contributed by atoms with E-state index >= 15 is 0 Å². The van der Waals surface area contributed by atoms with Crippen LogP contribution in [0.1, 0.15) is 108 Å². The average Bonchev–Trinajstić information content (AvgIpc) is 0.802. The van der Waals surface area contributed by atoms with Gasteiger partial charge in [0.05, 0.1) is 69.5 Å². The molecule has 25 radical (unpaired) electrons. The third kappa shape index (κ3) is 27.3. The van der Waals surface area contributed by atoms with Crippen molar-refractivity contribution in [1.29, 1.82) is 0 Å². The van der Waals surface area contributed by atoms with Gasteiger partial charge < -0.3 is 53.8 Å². The van der Waals surface area contributed by atoms with E-state index in [4.69, 9.17) is 148 Å². The Hall–Kier alpha value is -6.05. The second-order valence-electron chi connectivity index (χ2n) is 28.7.